The number of halogens is 1. The van der Waals surface area contributed by atoms with Gasteiger partial charge in [0.15, 0.2) is 0 Å². The molecule has 0 saturated heterocycles. The van der Waals surface area contributed by atoms with Crippen molar-refractivity contribution in [3.8, 4) is 5.75 Å². The van der Waals surface area contributed by atoms with E-state index in [1.54, 1.807) is 24.3 Å². The van der Waals surface area contributed by atoms with Crippen molar-refractivity contribution in [2.45, 2.75) is 0 Å². The maximum absolute atomic E-state index is 13.3. The van der Waals surface area contributed by atoms with Gasteiger partial charge in [0.1, 0.15) is 11.6 Å². The van der Waals surface area contributed by atoms with Gasteiger partial charge in [-0.1, -0.05) is 6.07 Å². The van der Waals surface area contributed by atoms with E-state index in [0.717, 1.165) is 6.07 Å². The fourth-order valence-corrected chi connectivity index (χ4v) is 1.92. The molecule has 0 aliphatic carbocycles. The van der Waals surface area contributed by atoms with E-state index in [1.807, 2.05) is 0 Å². The van der Waals surface area contributed by atoms with Crippen molar-refractivity contribution in [1.82, 2.24) is 5.32 Å². The van der Waals surface area contributed by atoms with Crippen molar-refractivity contribution in [2.75, 3.05) is 24.8 Å². The fraction of sp³-hybridized carbons (Fsp3) is 0.125. The van der Waals surface area contributed by atoms with Crippen LogP contribution in [0.4, 0.5) is 20.6 Å². The Bertz CT molecular complexity index is 734. The van der Waals surface area contributed by atoms with Crippen LogP contribution in [-0.2, 0) is 0 Å². The predicted octanol–water partition coefficient (Wildman–Crippen LogP) is 2.84. The molecule has 120 valence electrons. The van der Waals surface area contributed by atoms with Crippen molar-refractivity contribution in [3.05, 3.63) is 53.8 Å². The van der Waals surface area contributed by atoms with Gasteiger partial charge >= 0.3 is 6.03 Å². The third-order valence-corrected chi connectivity index (χ3v) is 3.01. The lowest BCUT2D eigenvalue weighted by atomic mass is 10.1. The van der Waals surface area contributed by atoms with Gasteiger partial charge < -0.3 is 20.7 Å². The van der Waals surface area contributed by atoms with Crippen molar-refractivity contribution >= 4 is 23.3 Å². The van der Waals surface area contributed by atoms with E-state index < -0.39 is 11.7 Å². The predicted molar refractivity (Wildman–Crippen MR) is 85.4 cm³/mol. The average molecular weight is 317 g/mol. The number of anilines is 2. The number of carbonyl (C=O) groups is 2. The van der Waals surface area contributed by atoms with Crippen LogP contribution < -0.4 is 20.7 Å². The summed E-state index contributed by atoms with van der Waals surface area (Å²) >= 11 is 0. The summed E-state index contributed by atoms with van der Waals surface area (Å²) in [7, 11) is 2.90. The molecule has 6 nitrogen and oxygen atoms in total. The number of amides is 3. The van der Waals surface area contributed by atoms with Gasteiger partial charge in [-0.3, -0.25) is 4.79 Å². The molecule has 7 heteroatoms. The maximum atomic E-state index is 13.3. The summed E-state index contributed by atoms with van der Waals surface area (Å²) < 4.78 is 18.4. The second-order valence-electron chi connectivity index (χ2n) is 4.58. The minimum absolute atomic E-state index is 0.0807. The van der Waals surface area contributed by atoms with E-state index in [1.165, 1.54) is 26.3 Å². The van der Waals surface area contributed by atoms with Gasteiger partial charge in [-0.25, -0.2) is 9.18 Å². The lowest BCUT2D eigenvalue weighted by Gasteiger charge is -2.11. The van der Waals surface area contributed by atoms with Crippen LogP contribution in [0.3, 0.4) is 0 Å². The molecule has 3 N–H and O–H groups in total. The van der Waals surface area contributed by atoms with Crippen LogP contribution in [-0.4, -0.2) is 26.1 Å². The molecule has 2 aromatic rings. The summed E-state index contributed by atoms with van der Waals surface area (Å²) in [5.41, 5.74) is 1.04. The normalized spacial score (nSPS) is 9.87. The molecule has 0 aromatic heterocycles. The number of nitrogens with one attached hydrogen (secondary N) is 3. The molecule has 2 aromatic carbocycles. The average Bonchev–Trinajstić information content (AvgIpc) is 2.55. The standard InChI is InChI=1S/C16H16FN3O3/c1-18-16(22)20-12-5-3-4-11(9-12)19-15(21)13-8-10(17)6-7-14(13)23-2/h3-9H,1-2H3,(H,19,21)(H2,18,20,22). The SMILES string of the molecule is CNC(=O)Nc1cccc(NC(=O)c2cc(F)ccc2OC)c1. The molecular formula is C16H16FN3O3. The molecule has 0 fully saturated rings. The van der Waals surface area contributed by atoms with Gasteiger partial charge in [0.25, 0.3) is 5.91 Å². The Morgan fingerprint density at radius 2 is 1.74 bits per heavy atom. The smallest absolute Gasteiger partial charge is 0.318 e. The highest BCUT2D eigenvalue weighted by molar-refractivity contribution is 6.06. The van der Waals surface area contributed by atoms with Crippen molar-refractivity contribution in [3.63, 3.8) is 0 Å². The minimum Gasteiger partial charge on any atom is -0.496 e. The van der Waals surface area contributed by atoms with Crippen LogP contribution in [0.25, 0.3) is 0 Å². The van der Waals surface area contributed by atoms with Crippen LogP contribution in [0.5, 0.6) is 5.75 Å². The molecule has 0 heterocycles. The minimum atomic E-state index is -0.536. The molecule has 0 unspecified atom stereocenters. The van der Waals surface area contributed by atoms with E-state index in [0.29, 0.717) is 11.4 Å². The molecule has 2 rings (SSSR count). The summed E-state index contributed by atoms with van der Waals surface area (Å²) in [4.78, 5) is 23.6. The van der Waals surface area contributed by atoms with Gasteiger partial charge in [-0.15, -0.1) is 0 Å². The van der Waals surface area contributed by atoms with Crippen molar-refractivity contribution < 1.29 is 18.7 Å². The van der Waals surface area contributed by atoms with E-state index in [9.17, 15) is 14.0 Å². The number of hydrogen-bond donors (Lipinski definition) is 3. The first-order valence-corrected chi connectivity index (χ1v) is 6.77. The van der Waals surface area contributed by atoms with Crippen molar-refractivity contribution in [2.24, 2.45) is 0 Å². The topological polar surface area (TPSA) is 79.5 Å². The Morgan fingerprint density at radius 1 is 1.04 bits per heavy atom. The van der Waals surface area contributed by atoms with E-state index in [-0.39, 0.29) is 17.3 Å². The van der Waals surface area contributed by atoms with E-state index in [2.05, 4.69) is 16.0 Å². The largest absolute Gasteiger partial charge is 0.496 e. The first-order chi connectivity index (χ1) is 11.0. The maximum Gasteiger partial charge on any atom is 0.318 e. The Hall–Kier alpha value is -3.09. The zero-order valence-corrected chi connectivity index (χ0v) is 12.6. The molecular weight excluding hydrogens is 301 g/mol. The summed E-state index contributed by atoms with van der Waals surface area (Å²) in [6, 6.07) is 9.90. The molecule has 0 atom stereocenters. The van der Waals surface area contributed by atoms with Gasteiger partial charge in [0.2, 0.25) is 0 Å². The molecule has 0 saturated carbocycles. The van der Waals surface area contributed by atoms with E-state index >= 15 is 0 Å². The van der Waals surface area contributed by atoms with Gasteiger partial charge in [-0.2, -0.15) is 0 Å². The van der Waals surface area contributed by atoms with Gasteiger partial charge in [-0.05, 0) is 36.4 Å². The molecule has 0 aliphatic rings. The second kappa shape index (κ2) is 7.26. The first-order valence-electron chi connectivity index (χ1n) is 6.77. The molecule has 0 spiro atoms. The van der Waals surface area contributed by atoms with Crippen LogP contribution >= 0.6 is 0 Å². The third kappa shape index (κ3) is 4.19. The summed E-state index contributed by atoms with van der Waals surface area (Å²) in [5, 5.41) is 7.65. The number of hydrogen-bond acceptors (Lipinski definition) is 3. The van der Waals surface area contributed by atoms with E-state index in [4.69, 9.17) is 4.74 Å². The third-order valence-electron chi connectivity index (χ3n) is 3.01. The summed E-state index contributed by atoms with van der Waals surface area (Å²) in [6.07, 6.45) is 0. The summed E-state index contributed by atoms with van der Waals surface area (Å²) in [6.45, 7) is 0. The van der Waals surface area contributed by atoms with Crippen LogP contribution in [0.15, 0.2) is 42.5 Å². The van der Waals surface area contributed by atoms with Crippen molar-refractivity contribution in [1.29, 1.82) is 0 Å². The van der Waals surface area contributed by atoms with Crippen LogP contribution in [0, 0.1) is 5.82 Å². The van der Waals surface area contributed by atoms with Crippen LogP contribution in [0.1, 0.15) is 10.4 Å². The summed E-state index contributed by atoms with van der Waals surface area (Å²) in [5.74, 6) is -0.784. The number of ether oxygens (including phenoxy) is 1. The molecule has 23 heavy (non-hydrogen) atoms. The number of carbonyl (C=O) groups excluding carboxylic acids is 2. The molecule has 0 bridgehead atoms. The van der Waals surface area contributed by atoms with Gasteiger partial charge in [0.05, 0.1) is 12.7 Å². The number of urea groups is 1. The second-order valence-corrected chi connectivity index (χ2v) is 4.58. The lowest BCUT2D eigenvalue weighted by Crippen LogP contribution is -2.24. The highest BCUT2D eigenvalue weighted by Crippen LogP contribution is 2.22. The Morgan fingerprint density at radius 3 is 2.39 bits per heavy atom. The number of methoxy groups -OCH3 is 1. The Balaban J connectivity index is 2.19. The highest BCUT2D eigenvalue weighted by atomic mass is 19.1. The van der Waals surface area contributed by atoms with Crippen LogP contribution in [0.2, 0.25) is 0 Å². The fourth-order valence-electron chi connectivity index (χ4n) is 1.92. The molecule has 0 aliphatic heterocycles. The quantitative estimate of drug-likeness (QED) is 0.811. The highest BCUT2D eigenvalue weighted by Gasteiger charge is 2.14. The monoisotopic (exact) mass is 317 g/mol. The first kappa shape index (κ1) is 16.3. The molecule has 3 amide bonds. The Kier molecular flexibility index (Phi) is 5.14. The lowest BCUT2D eigenvalue weighted by molar-refractivity contribution is 0.102. The number of benzene rings is 2. The number of rotatable bonds is 4. The van der Waals surface area contributed by atoms with Gasteiger partial charge in [0, 0.05) is 18.4 Å². The Labute approximate surface area is 132 Å². The molecule has 0 radical (unpaired) electrons. The zero-order chi connectivity index (χ0) is 16.8. The zero-order valence-electron chi connectivity index (χ0n) is 12.6.